The van der Waals surface area contributed by atoms with Crippen molar-refractivity contribution in [3.05, 3.63) is 18.5 Å². The fourth-order valence-corrected chi connectivity index (χ4v) is 1.66. The van der Waals surface area contributed by atoms with Crippen LogP contribution in [0.3, 0.4) is 0 Å². The lowest BCUT2D eigenvalue weighted by atomic mass is 10.2. The van der Waals surface area contributed by atoms with E-state index >= 15 is 0 Å². The average Bonchev–Trinajstić information content (AvgIpc) is 2.82. The summed E-state index contributed by atoms with van der Waals surface area (Å²) in [5, 5.41) is 12.7. The second kappa shape index (κ2) is 4.96. The number of aliphatic carboxylic acids is 1. The van der Waals surface area contributed by atoms with Crippen LogP contribution in [0.15, 0.2) is 18.5 Å². The van der Waals surface area contributed by atoms with E-state index in [0.29, 0.717) is 6.54 Å². The Hall–Kier alpha value is -1.89. The minimum absolute atomic E-state index is 0.0927. The lowest BCUT2D eigenvalue weighted by Crippen LogP contribution is -2.49. The molecule has 92 valence electrons. The fourth-order valence-electron chi connectivity index (χ4n) is 1.66. The molecule has 0 spiro atoms. The van der Waals surface area contributed by atoms with Gasteiger partial charge in [0.05, 0.1) is 13.2 Å². The third-order valence-corrected chi connectivity index (χ3v) is 2.55. The number of morpholine rings is 1. The first kappa shape index (κ1) is 11.6. The average molecular weight is 239 g/mol. The van der Waals surface area contributed by atoms with Crippen LogP contribution in [0.1, 0.15) is 0 Å². The molecule has 7 nitrogen and oxygen atoms in total. The van der Waals surface area contributed by atoms with Crippen molar-refractivity contribution in [2.24, 2.45) is 0 Å². The Bertz CT molecular complexity index is 404. The maximum atomic E-state index is 11.9. The number of hydrogen-bond acceptors (Lipinski definition) is 4. The van der Waals surface area contributed by atoms with Gasteiger partial charge in [-0.05, 0) is 6.07 Å². The Kier molecular flexibility index (Phi) is 3.38. The molecule has 1 aliphatic rings. The van der Waals surface area contributed by atoms with Gasteiger partial charge in [-0.3, -0.25) is 9.48 Å². The SMILES string of the molecule is O=C(O)C1CN(C(=O)Cn2cccn2)CCO1. The van der Waals surface area contributed by atoms with Crippen LogP contribution in [0.5, 0.6) is 0 Å². The summed E-state index contributed by atoms with van der Waals surface area (Å²) in [6.45, 7) is 0.889. The molecule has 1 unspecified atom stereocenters. The first-order chi connectivity index (χ1) is 8.16. The summed E-state index contributed by atoms with van der Waals surface area (Å²) in [4.78, 5) is 24.1. The number of nitrogens with zero attached hydrogens (tertiary/aromatic N) is 3. The van der Waals surface area contributed by atoms with E-state index in [1.807, 2.05) is 0 Å². The summed E-state index contributed by atoms with van der Waals surface area (Å²) in [6, 6.07) is 1.73. The van der Waals surface area contributed by atoms with E-state index in [1.165, 1.54) is 9.58 Å². The summed E-state index contributed by atoms with van der Waals surface area (Å²) in [7, 11) is 0. The van der Waals surface area contributed by atoms with Crippen molar-refractivity contribution in [3.8, 4) is 0 Å². The Morgan fingerprint density at radius 3 is 3.00 bits per heavy atom. The van der Waals surface area contributed by atoms with Crippen LogP contribution in [0, 0.1) is 0 Å². The molecule has 1 aromatic heterocycles. The van der Waals surface area contributed by atoms with Crippen molar-refractivity contribution < 1.29 is 19.4 Å². The molecule has 0 radical (unpaired) electrons. The van der Waals surface area contributed by atoms with Crippen molar-refractivity contribution >= 4 is 11.9 Å². The predicted molar refractivity (Wildman–Crippen MR) is 56.2 cm³/mol. The third kappa shape index (κ3) is 2.82. The Labute approximate surface area is 97.6 Å². The molecule has 0 bridgehead atoms. The second-order valence-corrected chi connectivity index (χ2v) is 3.74. The van der Waals surface area contributed by atoms with Crippen LogP contribution in [-0.4, -0.2) is 57.5 Å². The van der Waals surface area contributed by atoms with Gasteiger partial charge in [0, 0.05) is 18.9 Å². The Morgan fingerprint density at radius 2 is 2.35 bits per heavy atom. The highest BCUT2D eigenvalue weighted by molar-refractivity contribution is 5.78. The Balaban J connectivity index is 1.93. The molecular weight excluding hydrogens is 226 g/mol. The number of carbonyl (C=O) groups excluding carboxylic acids is 1. The largest absolute Gasteiger partial charge is 0.479 e. The van der Waals surface area contributed by atoms with Crippen LogP contribution in [0.4, 0.5) is 0 Å². The maximum absolute atomic E-state index is 11.9. The van der Waals surface area contributed by atoms with Crippen LogP contribution in [0.25, 0.3) is 0 Å². The topological polar surface area (TPSA) is 84.7 Å². The highest BCUT2D eigenvalue weighted by atomic mass is 16.5. The maximum Gasteiger partial charge on any atom is 0.334 e. The molecule has 2 rings (SSSR count). The summed E-state index contributed by atoms with van der Waals surface area (Å²) in [5.74, 6) is -1.19. The quantitative estimate of drug-likeness (QED) is 0.746. The molecule has 17 heavy (non-hydrogen) atoms. The first-order valence-electron chi connectivity index (χ1n) is 5.26. The second-order valence-electron chi connectivity index (χ2n) is 3.74. The number of carbonyl (C=O) groups is 2. The number of carboxylic acid groups (broad SMARTS) is 1. The van der Waals surface area contributed by atoms with E-state index in [1.54, 1.807) is 18.5 Å². The van der Waals surface area contributed by atoms with Gasteiger partial charge in [-0.15, -0.1) is 0 Å². The fraction of sp³-hybridized carbons (Fsp3) is 0.500. The number of carboxylic acids is 1. The van der Waals surface area contributed by atoms with Crippen molar-refractivity contribution in [2.75, 3.05) is 19.7 Å². The lowest BCUT2D eigenvalue weighted by Gasteiger charge is -2.30. The van der Waals surface area contributed by atoms with E-state index in [4.69, 9.17) is 9.84 Å². The molecule has 1 atom stereocenters. The van der Waals surface area contributed by atoms with Gasteiger partial charge in [-0.2, -0.15) is 5.10 Å². The van der Waals surface area contributed by atoms with Crippen molar-refractivity contribution in [1.82, 2.24) is 14.7 Å². The number of aromatic nitrogens is 2. The highest BCUT2D eigenvalue weighted by Gasteiger charge is 2.28. The zero-order valence-electron chi connectivity index (χ0n) is 9.15. The van der Waals surface area contributed by atoms with Gasteiger partial charge in [0.15, 0.2) is 6.10 Å². The number of rotatable bonds is 3. The normalized spacial score (nSPS) is 20.2. The molecule has 7 heteroatoms. The molecule has 1 aromatic rings. The zero-order valence-corrected chi connectivity index (χ0v) is 9.15. The monoisotopic (exact) mass is 239 g/mol. The van der Waals surface area contributed by atoms with Crippen molar-refractivity contribution in [3.63, 3.8) is 0 Å². The highest BCUT2D eigenvalue weighted by Crippen LogP contribution is 2.06. The van der Waals surface area contributed by atoms with Gasteiger partial charge in [0.25, 0.3) is 0 Å². The van der Waals surface area contributed by atoms with Gasteiger partial charge in [0.2, 0.25) is 5.91 Å². The summed E-state index contributed by atoms with van der Waals surface area (Å²) in [6.07, 6.45) is 2.35. The molecular formula is C10H13N3O4. The van der Waals surface area contributed by atoms with Crippen LogP contribution >= 0.6 is 0 Å². The van der Waals surface area contributed by atoms with Gasteiger partial charge in [0.1, 0.15) is 6.54 Å². The molecule has 0 aliphatic carbocycles. The molecule has 2 heterocycles. The van der Waals surface area contributed by atoms with Crippen LogP contribution < -0.4 is 0 Å². The lowest BCUT2D eigenvalue weighted by molar-refractivity contribution is -0.159. The zero-order chi connectivity index (χ0) is 12.3. The molecule has 1 N–H and O–H groups in total. The minimum atomic E-state index is -1.04. The van der Waals surface area contributed by atoms with Gasteiger partial charge >= 0.3 is 5.97 Å². The van der Waals surface area contributed by atoms with E-state index in [2.05, 4.69) is 5.10 Å². The molecule has 1 fully saturated rings. The van der Waals surface area contributed by atoms with Gasteiger partial charge < -0.3 is 14.7 Å². The van der Waals surface area contributed by atoms with Crippen molar-refractivity contribution in [1.29, 1.82) is 0 Å². The van der Waals surface area contributed by atoms with E-state index < -0.39 is 12.1 Å². The van der Waals surface area contributed by atoms with E-state index in [0.717, 1.165) is 0 Å². The van der Waals surface area contributed by atoms with E-state index in [-0.39, 0.29) is 25.6 Å². The number of amides is 1. The van der Waals surface area contributed by atoms with Gasteiger partial charge in [-0.25, -0.2) is 4.79 Å². The smallest absolute Gasteiger partial charge is 0.334 e. The Morgan fingerprint density at radius 1 is 1.53 bits per heavy atom. The number of ether oxygens (including phenoxy) is 1. The third-order valence-electron chi connectivity index (χ3n) is 2.55. The standard InChI is InChI=1S/C10H13N3O4/c14-9(7-13-3-1-2-11-13)12-4-5-17-8(6-12)10(15)16/h1-3,8H,4-7H2,(H,15,16). The van der Waals surface area contributed by atoms with Crippen LogP contribution in [-0.2, 0) is 20.9 Å². The molecule has 1 amide bonds. The molecule has 1 saturated heterocycles. The van der Waals surface area contributed by atoms with Crippen LogP contribution in [0.2, 0.25) is 0 Å². The molecule has 1 aliphatic heterocycles. The first-order valence-corrected chi connectivity index (χ1v) is 5.26. The molecule has 0 aromatic carbocycles. The number of hydrogen-bond donors (Lipinski definition) is 1. The summed E-state index contributed by atoms with van der Waals surface area (Å²) >= 11 is 0. The summed E-state index contributed by atoms with van der Waals surface area (Å²) < 4.78 is 6.55. The summed E-state index contributed by atoms with van der Waals surface area (Å²) in [5.41, 5.74) is 0. The van der Waals surface area contributed by atoms with Gasteiger partial charge in [-0.1, -0.05) is 0 Å². The van der Waals surface area contributed by atoms with Crippen molar-refractivity contribution in [2.45, 2.75) is 12.6 Å². The van der Waals surface area contributed by atoms with E-state index in [9.17, 15) is 9.59 Å². The molecule has 0 saturated carbocycles. The predicted octanol–water partition coefficient (Wildman–Crippen LogP) is -0.805. The minimum Gasteiger partial charge on any atom is -0.479 e.